The van der Waals surface area contributed by atoms with Gasteiger partial charge in [0.2, 0.25) is 0 Å². The molecule has 262 valence electrons. The maximum absolute atomic E-state index is 5.26. The summed E-state index contributed by atoms with van der Waals surface area (Å²) in [6.07, 6.45) is 1.75. The van der Waals surface area contributed by atoms with Crippen LogP contribution >= 0.6 is 0 Å². The van der Waals surface area contributed by atoms with E-state index in [2.05, 4.69) is 108 Å². The number of aromatic nitrogens is 6. The Kier molecular flexibility index (Phi) is 8.39. The minimum Gasteiger partial charge on any atom is -0.253 e. The van der Waals surface area contributed by atoms with Crippen molar-refractivity contribution in [3.05, 3.63) is 194 Å². The second-order valence-electron chi connectivity index (χ2n) is 13.6. The lowest BCUT2D eigenvalue weighted by Gasteiger charge is -2.13. The summed E-state index contributed by atoms with van der Waals surface area (Å²) in [6, 6.07) is 64.2. The van der Waals surface area contributed by atoms with Crippen molar-refractivity contribution in [1.29, 1.82) is 0 Å². The zero-order valence-corrected chi connectivity index (χ0v) is 30.2. The van der Waals surface area contributed by atoms with Crippen molar-refractivity contribution in [2.24, 2.45) is 0 Å². The van der Waals surface area contributed by atoms with Crippen LogP contribution in [-0.4, -0.2) is 29.9 Å². The van der Waals surface area contributed by atoms with Gasteiger partial charge in [-0.15, -0.1) is 0 Å². The Bertz CT molecular complexity index is 2910. The van der Waals surface area contributed by atoms with Crippen LogP contribution in [0.25, 0.3) is 101 Å². The first-order valence-electron chi connectivity index (χ1n) is 18.5. The van der Waals surface area contributed by atoms with Crippen molar-refractivity contribution in [1.82, 2.24) is 29.9 Å². The van der Waals surface area contributed by atoms with E-state index in [1.165, 1.54) is 0 Å². The van der Waals surface area contributed by atoms with Crippen LogP contribution in [0.1, 0.15) is 0 Å². The fraction of sp³-hybridized carbons (Fsp3) is 0. The van der Waals surface area contributed by atoms with E-state index in [-0.39, 0.29) is 0 Å². The van der Waals surface area contributed by atoms with Crippen LogP contribution in [0.5, 0.6) is 0 Å². The van der Waals surface area contributed by atoms with E-state index in [1.54, 1.807) is 6.20 Å². The Hall–Kier alpha value is -7.70. The lowest BCUT2D eigenvalue weighted by molar-refractivity contribution is 1.06. The van der Waals surface area contributed by atoms with Crippen LogP contribution in [0.3, 0.4) is 0 Å². The quantitative estimate of drug-likeness (QED) is 0.153. The second kappa shape index (κ2) is 14.3. The third-order valence-electron chi connectivity index (χ3n) is 10.0. The van der Waals surface area contributed by atoms with Gasteiger partial charge in [-0.25, -0.2) is 24.9 Å². The first kappa shape index (κ1) is 32.9. The molecule has 10 rings (SSSR count). The molecule has 56 heavy (non-hydrogen) atoms. The van der Waals surface area contributed by atoms with Gasteiger partial charge in [0.1, 0.15) is 5.69 Å². The molecule has 0 aliphatic rings. The normalized spacial score (nSPS) is 11.2. The van der Waals surface area contributed by atoms with Crippen LogP contribution in [0.2, 0.25) is 0 Å². The summed E-state index contributed by atoms with van der Waals surface area (Å²) in [7, 11) is 0. The highest BCUT2D eigenvalue weighted by Gasteiger charge is 2.16. The summed E-state index contributed by atoms with van der Waals surface area (Å²) in [4.78, 5) is 29.4. The van der Waals surface area contributed by atoms with Crippen LogP contribution in [-0.2, 0) is 0 Å². The van der Waals surface area contributed by atoms with Gasteiger partial charge in [-0.3, -0.25) is 4.98 Å². The van der Waals surface area contributed by atoms with Crippen molar-refractivity contribution < 1.29 is 0 Å². The number of rotatable bonds is 7. The van der Waals surface area contributed by atoms with Crippen molar-refractivity contribution in [2.45, 2.75) is 0 Å². The molecule has 0 aliphatic heterocycles. The molecule has 0 aliphatic carbocycles. The number of nitrogens with zero attached hydrogens (tertiary/aromatic N) is 6. The van der Waals surface area contributed by atoms with Gasteiger partial charge >= 0.3 is 0 Å². The summed E-state index contributed by atoms with van der Waals surface area (Å²) in [5.74, 6) is 1.74. The van der Waals surface area contributed by atoms with E-state index in [9.17, 15) is 0 Å². The van der Waals surface area contributed by atoms with E-state index in [0.29, 0.717) is 23.2 Å². The molecule has 0 amide bonds. The average molecular weight is 717 g/mol. The molecular weight excluding hydrogens is 685 g/mol. The summed E-state index contributed by atoms with van der Waals surface area (Å²) in [5.41, 5.74) is 12.7. The zero-order valence-electron chi connectivity index (χ0n) is 30.2. The third kappa shape index (κ3) is 6.35. The minimum absolute atomic E-state index is 0.536. The van der Waals surface area contributed by atoms with E-state index in [4.69, 9.17) is 24.9 Å². The molecule has 0 spiro atoms. The average Bonchev–Trinajstić information content (AvgIpc) is 3.29. The molecule has 6 heteroatoms. The van der Waals surface area contributed by atoms with Gasteiger partial charge in [0, 0.05) is 39.2 Å². The smallest absolute Gasteiger partial charge is 0.182 e. The van der Waals surface area contributed by atoms with Crippen molar-refractivity contribution >= 4 is 21.8 Å². The molecule has 0 N–H and O–H groups in total. The van der Waals surface area contributed by atoms with E-state index >= 15 is 0 Å². The predicted octanol–water partition coefficient (Wildman–Crippen LogP) is 12.0. The summed E-state index contributed by atoms with van der Waals surface area (Å²) in [5, 5.41) is 2.11. The Morgan fingerprint density at radius 2 is 0.768 bits per heavy atom. The molecule has 0 saturated heterocycles. The number of fused-ring (bicyclic) bond motifs is 3. The van der Waals surface area contributed by atoms with Gasteiger partial charge in [-0.1, -0.05) is 152 Å². The predicted molar refractivity (Wildman–Crippen MR) is 226 cm³/mol. The molecule has 10 aromatic rings. The monoisotopic (exact) mass is 716 g/mol. The number of hydrogen-bond acceptors (Lipinski definition) is 6. The Morgan fingerprint density at radius 3 is 1.36 bits per heavy atom. The molecule has 0 radical (unpaired) electrons. The molecule has 4 aromatic heterocycles. The van der Waals surface area contributed by atoms with Gasteiger partial charge < -0.3 is 0 Å². The third-order valence-corrected chi connectivity index (χ3v) is 10.0. The SMILES string of the molecule is c1ccc(-c2ccc3cc(-c4ccc(-c5ccc(-c6nc(-c7ccccc7)nc(-c7ccccn7)n6)cc5)cc4)c4ccc(-c5ccccc5)nc4c3n2)cc1. The highest BCUT2D eigenvalue weighted by Crippen LogP contribution is 2.37. The topological polar surface area (TPSA) is 77.3 Å². The molecule has 6 aromatic carbocycles. The zero-order chi connectivity index (χ0) is 37.3. The summed E-state index contributed by atoms with van der Waals surface area (Å²) >= 11 is 0. The van der Waals surface area contributed by atoms with Gasteiger partial charge in [-0.05, 0) is 58.7 Å². The summed E-state index contributed by atoms with van der Waals surface area (Å²) in [6.45, 7) is 0. The van der Waals surface area contributed by atoms with Crippen LogP contribution in [0, 0.1) is 0 Å². The van der Waals surface area contributed by atoms with Crippen molar-refractivity contribution in [2.75, 3.05) is 0 Å². The van der Waals surface area contributed by atoms with E-state index in [0.717, 1.165) is 77.7 Å². The molecule has 6 nitrogen and oxygen atoms in total. The minimum atomic E-state index is 0.536. The molecular formula is C50H32N6. The molecule has 0 saturated carbocycles. The van der Waals surface area contributed by atoms with Gasteiger partial charge in [0.25, 0.3) is 0 Å². The highest BCUT2D eigenvalue weighted by molar-refractivity contribution is 6.11. The van der Waals surface area contributed by atoms with Crippen molar-refractivity contribution in [3.8, 4) is 79.1 Å². The Balaban J connectivity index is 1.01. The van der Waals surface area contributed by atoms with Crippen molar-refractivity contribution in [3.63, 3.8) is 0 Å². The lowest BCUT2D eigenvalue weighted by Crippen LogP contribution is -2.00. The van der Waals surface area contributed by atoms with E-state index in [1.807, 2.05) is 84.9 Å². The Labute approximate surface area is 324 Å². The van der Waals surface area contributed by atoms with Crippen LogP contribution in [0.4, 0.5) is 0 Å². The first-order valence-corrected chi connectivity index (χ1v) is 18.5. The number of benzene rings is 6. The lowest BCUT2D eigenvalue weighted by atomic mass is 9.94. The first-order chi connectivity index (χ1) is 27.7. The number of pyridine rings is 3. The molecule has 0 fully saturated rings. The molecule has 0 atom stereocenters. The standard InChI is InChI=1S/C50H32N6/c1-4-12-36(13-5-1)43-29-27-40-32-42(41-28-30-44(37-14-6-2-7-15-37)53-47(41)46(40)52-43)35-23-19-33(20-24-35)34-21-25-39(26-22-34)49-54-48(38-16-8-3-9-17-38)55-50(56-49)45-18-10-11-31-51-45/h1-32H. The highest BCUT2D eigenvalue weighted by atomic mass is 15.0. The van der Waals surface area contributed by atoms with Crippen LogP contribution < -0.4 is 0 Å². The maximum Gasteiger partial charge on any atom is 0.182 e. The fourth-order valence-corrected chi connectivity index (χ4v) is 7.13. The molecule has 0 unspecified atom stereocenters. The number of hydrogen-bond donors (Lipinski definition) is 0. The molecule has 0 bridgehead atoms. The fourth-order valence-electron chi connectivity index (χ4n) is 7.13. The largest absolute Gasteiger partial charge is 0.253 e. The van der Waals surface area contributed by atoms with Gasteiger partial charge in [0.05, 0.1) is 22.4 Å². The van der Waals surface area contributed by atoms with Gasteiger partial charge in [-0.2, -0.15) is 0 Å². The Morgan fingerprint density at radius 1 is 0.286 bits per heavy atom. The second-order valence-corrected chi connectivity index (χ2v) is 13.6. The maximum atomic E-state index is 5.26. The van der Waals surface area contributed by atoms with E-state index < -0.39 is 0 Å². The summed E-state index contributed by atoms with van der Waals surface area (Å²) < 4.78 is 0. The molecule has 4 heterocycles. The van der Waals surface area contributed by atoms with Crippen LogP contribution in [0.15, 0.2) is 194 Å². The van der Waals surface area contributed by atoms with Gasteiger partial charge in [0.15, 0.2) is 17.5 Å².